The Kier molecular flexibility index (Phi) is 11.1. The molecule has 2 aliphatic rings. The number of nitrogens with two attached hydrogens (primary N) is 1. The number of rotatable bonds is 9. The third kappa shape index (κ3) is 7.74. The zero-order valence-electron chi connectivity index (χ0n) is 22.3. The summed E-state index contributed by atoms with van der Waals surface area (Å²) in [4.78, 5) is 67.3. The third-order valence-electron chi connectivity index (χ3n) is 6.38. The normalized spacial score (nSPS) is 17.6. The van der Waals surface area contributed by atoms with Gasteiger partial charge in [0, 0.05) is 17.9 Å². The summed E-state index contributed by atoms with van der Waals surface area (Å²) in [5.41, 5.74) is 6.97. The van der Waals surface area contributed by atoms with E-state index in [2.05, 4.69) is 0 Å². The number of carbonyl (C=O) groups excluding carboxylic acids is 5. The zero-order valence-corrected chi connectivity index (χ0v) is 24.7. The van der Waals surface area contributed by atoms with E-state index in [1.807, 2.05) is 0 Å². The summed E-state index contributed by atoms with van der Waals surface area (Å²) in [6, 6.07) is 8.87. The van der Waals surface area contributed by atoms with Crippen LogP contribution in [0.3, 0.4) is 0 Å². The number of anilines is 2. The molecule has 4 amide bonds. The molecule has 0 unspecified atom stereocenters. The van der Waals surface area contributed by atoms with Gasteiger partial charge in [0.05, 0.1) is 28.9 Å². The summed E-state index contributed by atoms with van der Waals surface area (Å²) in [6.45, 7) is 3.41. The van der Waals surface area contributed by atoms with E-state index in [1.165, 1.54) is 17.0 Å². The van der Waals surface area contributed by atoms with E-state index in [1.54, 1.807) is 43.0 Å². The third-order valence-corrected chi connectivity index (χ3v) is 7.60. The van der Waals surface area contributed by atoms with E-state index < -0.39 is 42.6 Å². The number of hydrogen-bond acceptors (Lipinski definition) is 10. The van der Waals surface area contributed by atoms with Crippen molar-refractivity contribution in [3.05, 3.63) is 45.6 Å². The quantitative estimate of drug-likeness (QED) is 0.414. The molecular formula is C26H30Cl2N4O8S. The number of cyclic esters (lactones) is 1. The molecule has 0 saturated carbocycles. The van der Waals surface area contributed by atoms with Crippen LogP contribution in [0.15, 0.2) is 36.4 Å². The van der Waals surface area contributed by atoms with Gasteiger partial charge in [-0.15, -0.1) is 23.7 Å². The summed E-state index contributed by atoms with van der Waals surface area (Å²) in [7, 11) is 0. The largest absolute Gasteiger partial charge is 0.454 e. The molecule has 1 aromatic carbocycles. The van der Waals surface area contributed by atoms with Crippen molar-refractivity contribution in [2.75, 3.05) is 49.3 Å². The number of esters is 1. The van der Waals surface area contributed by atoms with Crippen LogP contribution >= 0.6 is 35.3 Å². The molecule has 2 N–H and O–H groups in total. The van der Waals surface area contributed by atoms with E-state index in [4.69, 9.17) is 31.5 Å². The minimum atomic E-state index is -0.926. The lowest BCUT2D eigenvalue weighted by Crippen LogP contribution is -2.46. The Hall–Kier alpha value is -3.23. The van der Waals surface area contributed by atoms with Crippen molar-refractivity contribution >= 4 is 76.5 Å². The van der Waals surface area contributed by atoms with Crippen LogP contribution in [0.5, 0.6) is 0 Å². The van der Waals surface area contributed by atoms with Gasteiger partial charge in [-0.1, -0.05) is 25.4 Å². The van der Waals surface area contributed by atoms with Crippen LogP contribution in [0.2, 0.25) is 4.34 Å². The smallest absolute Gasteiger partial charge is 0.414 e. The predicted molar refractivity (Wildman–Crippen MR) is 154 cm³/mol. The minimum absolute atomic E-state index is 0. The van der Waals surface area contributed by atoms with Crippen molar-refractivity contribution < 1.29 is 38.2 Å². The second-order valence-corrected chi connectivity index (χ2v) is 11.2. The molecule has 0 spiro atoms. The summed E-state index contributed by atoms with van der Waals surface area (Å²) >= 11 is 6.96. The van der Waals surface area contributed by atoms with Crippen LogP contribution in [0.4, 0.5) is 16.2 Å². The number of benzene rings is 1. The van der Waals surface area contributed by atoms with E-state index in [9.17, 15) is 24.0 Å². The molecule has 222 valence electrons. The molecule has 15 heteroatoms. The lowest BCUT2D eigenvalue weighted by molar-refractivity contribution is -0.153. The van der Waals surface area contributed by atoms with Crippen molar-refractivity contribution in [1.29, 1.82) is 0 Å². The van der Waals surface area contributed by atoms with Gasteiger partial charge in [-0.25, -0.2) is 4.79 Å². The number of amides is 4. The lowest BCUT2D eigenvalue weighted by Gasteiger charge is -2.27. The standard InChI is InChI=1S/C26H29ClN4O8S.ClH/c1-15(2)23(28)25(35)38-14-22(33)31(24(34)19-7-8-20(27)40-19)12-18-11-30(26(36)39-18)17-5-3-16(4-6-17)29-9-10-37-13-21(29)32;/h3-8,15,18,23H,9-14,28H2,1-2H3;1H/t18-,23-;/m1./s1. The van der Waals surface area contributed by atoms with Gasteiger partial charge in [-0.3, -0.25) is 29.0 Å². The van der Waals surface area contributed by atoms with Crippen molar-refractivity contribution in [3.8, 4) is 0 Å². The highest BCUT2D eigenvalue weighted by atomic mass is 35.5. The van der Waals surface area contributed by atoms with Gasteiger partial charge in [-0.05, 0) is 42.3 Å². The van der Waals surface area contributed by atoms with E-state index in [-0.39, 0.29) is 48.8 Å². The lowest BCUT2D eigenvalue weighted by atomic mass is 10.1. The molecule has 4 rings (SSSR count). The summed E-state index contributed by atoms with van der Waals surface area (Å²) in [5.74, 6) is -2.59. The van der Waals surface area contributed by atoms with Crippen LogP contribution in [0.25, 0.3) is 0 Å². The average molecular weight is 630 g/mol. The molecule has 2 saturated heterocycles. The van der Waals surface area contributed by atoms with E-state index in [0.717, 1.165) is 16.2 Å². The van der Waals surface area contributed by atoms with Crippen molar-refractivity contribution in [2.45, 2.75) is 26.0 Å². The monoisotopic (exact) mass is 628 g/mol. The maximum absolute atomic E-state index is 13.2. The molecule has 0 aliphatic carbocycles. The Morgan fingerprint density at radius 3 is 2.37 bits per heavy atom. The molecule has 2 aliphatic heterocycles. The van der Waals surface area contributed by atoms with Gasteiger partial charge in [0.15, 0.2) is 6.61 Å². The Morgan fingerprint density at radius 1 is 1.12 bits per heavy atom. The summed E-state index contributed by atoms with van der Waals surface area (Å²) < 4.78 is 16.0. The first-order chi connectivity index (χ1) is 19.0. The first-order valence-corrected chi connectivity index (χ1v) is 13.7. The van der Waals surface area contributed by atoms with E-state index >= 15 is 0 Å². The number of hydrogen-bond donors (Lipinski definition) is 1. The van der Waals surface area contributed by atoms with Crippen LogP contribution in [0, 0.1) is 5.92 Å². The number of nitrogens with zero attached hydrogens (tertiary/aromatic N) is 3. The molecular weight excluding hydrogens is 599 g/mol. The molecule has 2 atom stereocenters. The van der Waals surface area contributed by atoms with Gasteiger partial charge in [0.1, 0.15) is 18.8 Å². The second-order valence-electron chi connectivity index (χ2n) is 9.52. The predicted octanol–water partition coefficient (Wildman–Crippen LogP) is 2.71. The van der Waals surface area contributed by atoms with Gasteiger partial charge in [0.25, 0.3) is 17.7 Å². The number of morpholine rings is 1. The van der Waals surface area contributed by atoms with Gasteiger partial charge >= 0.3 is 12.1 Å². The Bertz CT molecular complexity index is 1290. The molecule has 0 radical (unpaired) electrons. The van der Waals surface area contributed by atoms with E-state index in [0.29, 0.717) is 28.9 Å². The molecule has 1 aromatic heterocycles. The number of carbonyl (C=O) groups is 5. The number of ether oxygens (including phenoxy) is 3. The maximum atomic E-state index is 13.2. The highest BCUT2D eigenvalue weighted by Crippen LogP contribution is 2.27. The van der Waals surface area contributed by atoms with Crippen molar-refractivity contribution in [3.63, 3.8) is 0 Å². The average Bonchev–Trinajstić information content (AvgIpc) is 3.54. The molecule has 12 nitrogen and oxygen atoms in total. The molecule has 3 heterocycles. The SMILES string of the molecule is CC(C)[C@@H](N)C(=O)OCC(=O)N(C[C@H]1CN(c2ccc(N3CCOCC3=O)cc2)C(=O)O1)C(=O)c1ccc(Cl)s1.Cl. The van der Waals surface area contributed by atoms with Crippen molar-refractivity contribution in [1.82, 2.24) is 4.90 Å². The topological polar surface area (TPSA) is 149 Å². The van der Waals surface area contributed by atoms with Crippen LogP contribution < -0.4 is 15.5 Å². The van der Waals surface area contributed by atoms with Crippen LogP contribution in [0.1, 0.15) is 23.5 Å². The minimum Gasteiger partial charge on any atom is -0.454 e. The fourth-order valence-electron chi connectivity index (χ4n) is 4.07. The maximum Gasteiger partial charge on any atom is 0.414 e. The number of halogens is 2. The van der Waals surface area contributed by atoms with Crippen LogP contribution in [-0.4, -0.2) is 86.3 Å². The number of imide groups is 1. The second kappa shape index (κ2) is 14.1. The summed E-state index contributed by atoms with van der Waals surface area (Å²) in [6.07, 6.45) is -1.52. The first kappa shape index (κ1) is 32.3. The molecule has 0 bridgehead atoms. The Balaban J connectivity index is 0.00000462. The highest BCUT2D eigenvalue weighted by Gasteiger charge is 2.37. The molecule has 2 fully saturated rings. The van der Waals surface area contributed by atoms with Crippen molar-refractivity contribution in [2.24, 2.45) is 11.7 Å². The Morgan fingerprint density at radius 2 is 1.78 bits per heavy atom. The summed E-state index contributed by atoms with van der Waals surface area (Å²) in [5, 5.41) is 0. The fourth-order valence-corrected chi connectivity index (χ4v) is 5.07. The van der Waals surface area contributed by atoms with Gasteiger partial charge in [0.2, 0.25) is 0 Å². The highest BCUT2D eigenvalue weighted by molar-refractivity contribution is 7.18. The van der Waals surface area contributed by atoms with Gasteiger partial charge < -0.3 is 24.8 Å². The number of thiophene rings is 1. The van der Waals surface area contributed by atoms with Gasteiger partial charge in [-0.2, -0.15) is 0 Å². The zero-order chi connectivity index (χ0) is 29.0. The fraction of sp³-hybridized carbons (Fsp3) is 0.423. The molecule has 2 aromatic rings. The molecule has 41 heavy (non-hydrogen) atoms. The Labute approximate surface area is 251 Å². The first-order valence-electron chi connectivity index (χ1n) is 12.5. The van der Waals surface area contributed by atoms with Crippen LogP contribution in [-0.2, 0) is 28.6 Å².